The van der Waals surface area contributed by atoms with Gasteiger partial charge in [0.25, 0.3) is 0 Å². The molecule has 4 heteroatoms. The number of hydrogen-bond acceptors (Lipinski definition) is 4. The maximum Gasteiger partial charge on any atom is 0.0988 e. The maximum atomic E-state index is 11.8. The number of fused-ring (bicyclic) bond motifs is 5. The zero-order chi connectivity index (χ0) is 23.7. The molecule has 0 aliphatic heterocycles. The molecule has 4 aliphatic carbocycles. The van der Waals surface area contributed by atoms with Gasteiger partial charge in [-0.1, -0.05) is 39.8 Å². The molecule has 0 bridgehead atoms. The molecule has 11 atom stereocenters. The second kappa shape index (κ2) is 8.07. The second-order valence-electron chi connectivity index (χ2n) is 13.4. The highest BCUT2D eigenvalue weighted by Crippen LogP contribution is 2.70. The Morgan fingerprint density at radius 1 is 1.06 bits per heavy atom. The molecule has 184 valence electrons. The lowest BCUT2D eigenvalue weighted by Gasteiger charge is -2.67. The third-order valence-electron chi connectivity index (χ3n) is 11.1. The van der Waals surface area contributed by atoms with E-state index in [0.29, 0.717) is 48.9 Å². The third kappa shape index (κ3) is 3.63. The Morgan fingerprint density at radius 2 is 1.75 bits per heavy atom. The summed E-state index contributed by atoms with van der Waals surface area (Å²) in [6.45, 7) is 13.0. The van der Waals surface area contributed by atoms with E-state index in [1.165, 1.54) is 19.3 Å². The molecule has 4 N–H and O–H groups in total. The van der Waals surface area contributed by atoms with Crippen molar-refractivity contribution in [1.82, 2.24) is 0 Å². The minimum Gasteiger partial charge on any atom is -0.393 e. The summed E-state index contributed by atoms with van der Waals surface area (Å²) in [4.78, 5) is 0. The van der Waals surface area contributed by atoms with Crippen LogP contribution in [-0.4, -0.2) is 43.8 Å². The van der Waals surface area contributed by atoms with Crippen LogP contribution in [0.4, 0.5) is 0 Å². The summed E-state index contributed by atoms with van der Waals surface area (Å²) in [5.41, 5.74) is -1.91. The first-order valence-electron chi connectivity index (χ1n) is 13.2. The minimum atomic E-state index is -1.18. The van der Waals surface area contributed by atoms with Gasteiger partial charge in [-0.2, -0.15) is 0 Å². The summed E-state index contributed by atoms with van der Waals surface area (Å²) in [6.07, 6.45) is 10.3. The van der Waals surface area contributed by atoms with Gasteiger partial charge in [0.05, 0.1) is 23.4 Å². The predicted octanol–water partition coefficient (Wildman–Crippen LogP) is 4.69. The maximum absolute atomic E-state index is 11.8. The second-order valence-corrected chi connectivity index (χ2v) is 13.4. The molecule has 0 saturated heterocycles. The SMILES string of the molecule is CC1CC(O)CC2(O)C(O)C[C@H]3[C@@H]4CC[C@H]([C@H](C)/C=C/CC(C)(C)O)[C@@]4(C)CC[C@@H]3[C@@]12C. The molecule has 4 aliphatic rings. The molecular weight excluding hydrogens is 400 g/mol. The van der Waals surface area contributed by atoms with E-state index in [0.717, 1.165) is 12.8 Å². The summed E-state index contributed by atoms with van der Waals surface area (Å²) < 4.78 is 0. The van der Waals surface area contributed by atoms with Crippen molar-refractivity contribution in [3.8, 4) is 0 Å². The van der Waals surface area contributed by atoms with Crippen LogP contribution in [0.15, 0.2) is 12.2 Å². The minimum absolute atomic E-state index is 0.198. The zero-order valence-corrected chi connectivity index (χ0v) is 21.2. The molecule has 4 fully saturated rings. The monoisotopic (exact) mass is 448 g/mol. The van der Waals surface area contributed by atoms with Crippen LogP contribution >= 0.6 is 0 Å². The molecule has 0 radical (unpaired) electrons. The summed E-state index contributed by atoms with van der Waals surface area (Å²) in [7, 11) is 0. The lowest BCUT2D eigenvalue weighted by atomic mass is 9.40. The average molecular weight is 449 g/mol. The van der Waals surface area contributed by atoms with Crippen molar-refractivity contribution in [2.45, 2.75) is 116 Å². The molecule has 0 heterocycles. The smallest absolute Gasteiger partial charge is 0.0988 e. The Balaban J connectivity index is 1.58. The van der Waals surface area contributed by atoms with Gasteiger partial charge in [0.2, 0.25) is 0 Å². The van der Waals surface area contributed by atoms with Crippen molar-refractivity contribution in [2.75, 3.05) is 0 Å². The fourth-order valence-corrected chi connectivity index (χ4v) is 9.35. The first-order valence-corrected chi connectivity index (χ1v) is 13.2. The quantitative estimate of drug-likeness (QED) is 0.470. The first-order chi connectivity index (χ1) is 14.7. The summed E-state index contributed by atoms with van der Waals surface area (Å²) in [5.74, 6) is 2.76. The molecule has 32 heavy (non-hydrogen) atoms. The third-order valence-corrected chi connectivity index (χ3v) is 11.1. The Labute approximate surface area is 195 Å². The molecule has 4 unspecified atom stereocenters. The molecule has 4 rings (SSSR count). The van der Waals surface area contributed by atoms with Crippen molar-refractivity contribution in [3.05, 3.63) is 12.2 Å². The summed E-state index contributed by atoms with van der Waals surface area (Å²) in [6, 6.07) is 0. The van der Waals surface area contributed by atoms with E-state index in [4.69, 9.17) is 0 Å². The average Bonchev–Trinajstić information content (AvgIpc) is 3.02. The lowest BCUT2D eigenvalue weighted by Crippen LogP contribution is -2.70. The van der Waals surface area contributed by atoms with Crippen LogP contribution in [-0.2, 0) is 0 Å². The fraction of sp³-hybridized carbons (Fsp3) is 0.929. The van der Waals surface area contributed by atoms with Gasteiger partial charge in [0.1, 0.15) is 0 Å². The molecule has 0 spiro atoms. The van der Waals surface area contributed by atoms with E-state index < -0.39 is 23.4 Å². The van der Waals surface area contributed by atoms with Crippen molar-refractivity contribution in [1.29, 1.82) is 0 Å². The predicted molar refractivity (Wildman–Crippen MR) is 128 cm³/mol. The van der Waals surface area contributed by atoms with Gasteiger partial charge in [-0.3, -0.25) is 0 Å². The summed E-state index contributed by atoms with van der Waals surface area (Å²) in [5, 5.41) is 43.5. The Morgan fingerprint density at radius 3 is 2.41 bits per heavy atom. The topological polar surface area (TPSA) is 80.9 Å². The normalized spacial score (nSPS) is 52.4. The van der Waals surface area contributed by atoms with Crippen molar-refractivity contribution < 1.29 is 20.4 Å². The van der Waals surface area contributed by atoms with Gasteiger partial charge in [-0.05, 0) is 99.7 Å². The van der Waals surface area contributed by atoms with Crippen molar-refractivity contribution >= 4 is 0 Å². The largest absolute Gasteiger partial charge is 0.393 e. The van der Waals surface area contributed by atoms with Crippen LogP contribution in [0.5, 0.6) is 0 Å². The van der Waals surface area contributed by atoms with E-state index in [2.05, 4.69) is 39.8 Å². The number of allylic oxidation sites excluding steroid dienone is 1. The molecule has 0 aromatic heterocycles. The highest BCUT2D eigenvalue weighted by Gasteiger charge is 2.69. The highest BCUT2D eigenvalue weighted by atomic mass is 16.3. The van der Waals surface area contributed by atoms with Gasteiger partial charge in [0, 0.05) is 11.8 Å². The number of aliphatic hydroxyl groups is 4. The summed E-state index contributed by atoms with van der Waals surface area (Å²) >= 11 is 0. The van der Waals surface area contributed by atoms with Crippen LogP contribution in [0.2, 0.25) is 0 Å². The van der Waals surface area contributed by atoms with Crippen LogP contribution in [0.1, 0.15) is 92.9 Å². The van der Waals surface area contributed by atoms with Crippen LogP contribution in [0, 0.1) is 46.3 Å². The zero-order valence-electron chi connectivity index (χ0n) is 21.2. The van der Waals surface area contributed by atoms with Gasteiger partial charge in [-0.15, -0.1) is 0 Å². The lowest BCUT2D eigenvalue weighted by molar-refractivity contribution is -0.281. The van der Waals surface area contributed by atoms with E-state index in [-0.39, 0.29) is 16.7 Å². The Bertz CT molecular complexity index is 727. The number of rotatable bonds is 4. The van der Waals surface area contributed by atoms with Gasteiger partial charge in [-0.25, -0.2) is 0 Å². The highest BCUT2D eigenvalue weighted by molar-refractivity contribution is 5.19. The van der Waals surface area contributed by atoms with E-state index >= 15 is 0 Å². The molecule has 4 saturated carbocycles. The number of hydrogen-bond donors (Lipinski definition) is 4. The van der Waals surface area contributed by atoms with Gasteiger partial charge < -0.3 is 20.4 Å². The van der Waals surface area contributed by atoms with E-state index in [1.54, 1.807) is 0 Å². The standard InChI is InChI=1S/C28H48O4/c1-17(8-7-12-25(3,4)31)21-9-10-22-20-15-24(30)28(32)16-19(29)14-18(2)27(28,6)23(20)11-13-26(21,22)5/h7-8,17-24,29-32H,9-16H2,1-6H3/b8-7+/t17-,18?,19?,20+,21-,22+,23+,24?,26-,27-,28?/m1/s1. The van der Waals surface area contributed by atoms with Crippen LogP contribution in [0.3, 0.4) is 0 Å². The van der Waals surface area contributed by atoms with Crippen molar-refractivity contribution in [2.24, 2.45) is 46.3 Å². The first kappa shape index (κ1) is 24.7. The molecule has 0 amide bonds. The Kier molecular flexibility index (Phi) is 6.23. The van der Waals surface area contributed by atoms with Crippen LogP contribution in [0.25, 0.3) is 0 Å². The fourth-order valence-electron chi connectivity index (χ4n) is 9.35. The molecule has 4 nitrogen and oxygen atoms in total. The van der Waals surface area contributed by atoms with Crippen molar-refractivity contribution in [3.63, 3.8) is 0 Å². The van der Waals surface area contributed by atoms with Crippen LogP contribution < -0.4 is 0 Å². The van der Waals surface area contributed by atoms with Gasteiger partial charge in [0.15, 0.2) is 0 Å². The molecule has 0 aromatic rings. The molecular formula is C28H48O4. The number of aliphatic hydroxyl groups excluding tert-OH is 2. The van der Waals surface area contributed by atoms with E-state index in [1.807, 2.05) is 13.8 Å². The van der Waals surface area contributed by atoms with Gasteiger partial charge >= 0.3 is 0 Å². The van der Waals surface area contributed by atoms with E-state index in [9.17, 15) is 20.4 Å². The molecule has 0 aromatic carbocycles. The Hall–Kier alpha value is -0.420.